The lowest BCUT2D eigenvalue weighted by molar-refractivity contribution is 0.238. The van der Waals surface area contributed by atoms with Crippen molar-refractivity contribution >= 4 is 0 Å². The third-order valence-electron chi connectivity index (χ3n) is 4.00. The van der Waals surface area contributed by atoms with Crippen LogP contribution in [-0.4, -0.2) is 27.5 Å². The van der Waals surface area contributed by atoms with Gasteiger partial charge in [-0.1, -0.05) is 29.8 Å². The molecule has 3 nitrogen and oxygen atoms in total. The van der Waals surface area contributed by atoms with Gasteiger partial charge >= 0.3 is 0 Å². The Labute approximate surface area is 114 Å². The van der Waals surface area contributed by atoms with E-state index in [9.17, 15) is 0 Å². The predicted octanol–water partition coefficient (Wildman–Crippen LogP) is 2.93. The molecule has 1 unspecified atom stereocenters. The molecule has 0 radical (unpaired) electrons. The molecule has 2 heterocycles. The van der Waals surface area contributed by atoms with E-state index in [1.807, 2.05) is 12.4 Å². The van der Waals surface area contributed by atoms with Gasteiger partial charge in [-0.3, -0.25) is 4.90 Å². The number of hydrogen-bond acceptors (Lipinski definition) is 2. The summed E-state index contributed by atoms with van der Waals surface area (Å²) in [5.74, 6) is 1.08. The molecule has 0 amide bonds. The van der Waals surface area contributed by atoms with Crippen molar-refractivity contribution in [2.75, 3.05) is 6.54 Å². The number of hydrogen-bond donors (Lipinski definition) is 1. The number of nitrogens with one attached hydrogen (secondary N) is 1. The molecular weight excluding hydrogens is 234 g/mol. The molecule has 0 saturated carbocycles. The first-order valence-electron chi connectivity index (χ1n) is 7.09. The van der Waals surface area contributed by atoms with Crippen LogP contribution in [0.15, 0.2) is 36.7 Å². The topological polar surface area (TPSA) is 31.9 Å². The summed E-state index contributed by atoms with van der Waals surface area (Å²) in [6, 6.07) is 9.60. The molecule has 1 saturated heterocycles. The van der Waals surface area contributed by atoms with E-state index in [1.54, 1.807) is 0 Å². The predicted molar refractivity (Wildman–Crippen MR) is 76.9 cm³/mol. The second-order valence-corrected chi connectivity index (χ2v) is 5.49. The van der Waals surface area contributed by atoms with Crippen LogP contribution in [0.3, 0.4) is 0 Å². The third kappa shape index (κ3) is 3.04. The van der Waals surface area contributed by atoms with Crippen molar-refractivity contribution in [1.82, 2.24) is 14.9 Å². The number of nitrogens with zero attached hydrogens (tertiary/aromatic N) is 2. The Balaban J connectivity index is 1.64. The number of rotatable bonds is 4. The van der Waals surface area contributed by atoms with Crippen molar-refractivity contribution in [3.05, 3.63) is 53.6 Å². The Morgan fingerprint density at radius 3 is 2.89 bits per heavy atom. The lowest BCUT2D eigenvalue weighted by Gasteiger charge is -2.23. The average molecular weight is 255 g/mol. The summed E-state index contributed by atoms with van der Waals surface area (Å²) in [7, 11) is 0. The molecule has 1 aromatic carbocycles. The maximum absolute atomic E-state index is 4.34. The molecule has 0 spiro atoms. The maximum Gasteiger partial charge on any atom is 0.120 e. The number of aryl methyl sites for hydroxylation is 1. The van der Waals surface area contributed by atoms with E-state index in [-0.39, 0.29) is 0 Å². The summed E-state index contributed by atoms with van der Waals surface area (Å²) < 4.78 is 0. The smallest absolute Gasteiger partial charge is 0.120 e. The molecule has 1 atom stereocenters. The Kier molecular flexibility index (Phi) is 3.65. The Bertz CT molecular complexity index is 501. The van der Waals surface area contributed by atoms with Gasteiger partial charge in [0.2, 0.25) is 0 Å². The van der Waals surface area contributed by atoms with E-state index < -0.39 is 0 Å². The van der Waals surface area contributed by atoms with Gasteiger partial charge in [0.05, 0.1) is 6.54 Å². The van der Waals surface area contributed by atoms with Crippen LogP contribution in [0, 0.1) is 6.92 Å². The van der Waals surface area contributed by atoms with Gasteiger partial charge in [-0.2, -0.15) is 0 Å². The second kappa shape index (κ2) is 5.57. The first-order chi connectivity index (χ1) is 9.31. The zero-order valence-electron chi connectivity index (χ0n) is 11.5. The fraction of sp³-hybridized carbons (Fsp3) is 0.438. The summed E-state index contributed by atoms with van der Waals surface area (Å²) in [4.78, 5) is 10.1. The second-order valence-electron chi connectivity index (χ2n) is 5.49. The molecule has 1 fully saturated rings. The van der Waals surface area contributed by atoms with Gasteiger partial charge in [-0.05, 0) is 38.3 Å². The van der Waals surface area contributed by atoms with Gasteiger partial charge < -0.3 is 4.98 Å². The highest BCUT2D eigenvalue weighted by Crippen LogP contribution is 2.22. The third-order valence-corrected chi connectivity index (χ3v) is 4.00. The fourth-order valence-electron chi connectivity index (χ4n) is 2.91. The highest BCUT2D eigenvalue weighted by Gasteiger charge is 2.25. The lowest BCUT2D eigenvalue weighted by Crippen LogP contribution is -2.31. The number of benzene rings is 1. The number of aromatic amines is 1. The van der Waals surface area contributed by atoms with Crippen LogP contribution in [0.4, 0.5) is 0 Å². The summed E-state index contributed by atoms with van der Waals surface area (Å²) >= 11 is 0. The number of imidazole rings is 1. The van der Waals surface area contributed by atoms with E-state index in [1.165, 1.54) is 30.5 Å². The largest absolute Gasteiger partial charge is 0.348 e. The van der Waals surface area contributed by atoms with Crippen molar-refractivity contribution in [3.8, 4) is 0 Å². The minimum atomic E-state index is 0.660. The average Bonchev–Trinajstić information content (AvgIpc) is 3.06. The van der Waals surface area contributed by atoms with Gasteiger partial charge in [0.1, 0.15) is 5.82 Å². The zero-order chi connectivity index (χ0) is 13.1. The van der Waals surface area contributed by atoms with Crippen molar-refractivity contribution in [1.29, 1.82) is 0 Å². The standard InChI is InChI=1S/C16H21N3/c1-13-4-6-14(7-5-13)11-15-3-2-10-19(15)12-16-17-8-9-18-16/h4-9,15H,2-3,10-12H2,1H3,(H,17,18). The van der Waals surface area contributed by atoms with Crippen LogP contribution in [0.1, 0.15) is 29.8 Å². The molecule has 0 aliphatic carbocycles. The van der Waals surface area contributed by atoms with Crippen molar-refractivity contribution in [2.24, 2.45) is 0 Å². The van der Waals surface area contributed by atoms with Gasteiger partial charge in [0, 0.05) is 18.4 Å². The summed E-state index contributed by atoms with van der Waals surface area (Å²) in [6.07, 6.45) is 7.49. The molecule has 100 valence electrons. The van der Waals surface area contributed by atoms with E-state index in [2.05, 4.69) is 46.1 Å². The Morgan fingerprint density at radius 1 is 1.32 bits per heavy atom. The van der Waals surface area contributed by atoms with Crippen LogP contribution in [0.2, 0.25) is 0 Å². The molecule has 1 aliphatic heterocycles. The molecule has 1 N–H and O–H groups in total. The molecular formula is C16H21N3. The van der Waals surface area contributed by atoms with Crippen LogP contribution in [0.5, 0.6) is 0 Å². The lowest BCUT2D eigenvalue weighted by atomic mass is 10.0. The first-order valence-corrected chi connectivity index (χ1v) is 7.09. The van der Waals surface area contributed by atoms with Crippen LogP contribution < -0.4 is 0 Å². The molecule has 1 aliphatic rings. The first kappa shape index (κ1) is 12.4. The molecule has 3 rings (SSSR count). The van der Waals surface area contributed by atoms with Crippen LogP contribution >= 0.6 is 0 Å². The van der Waals surface area contributed by atoms with Crippen LogP contribution in [-0.2, 0) is 13.0 Å². The van der Waals surface area contributed by atoms with Gasteiger partial charge in [-0.25, -0.2) is 4.98 Å². The number of H-pyrrole nitrogens is 1. The molecule has 19 heavy (non-hydrogen) atoms. The number of likely N-dealkylation sites (tertiary alicyclic amines) is 1. The SMILES string of the molecule is Cc1ccc(CC2CCCN2Cc2ncc[nH]2)cc1. The summed E-state index contributed by atoms with van der Waals surface area (Å²) in [5, 5.41) is 0. The molecule has 1 aromatic heterocycles. The highest BCUT2D eigenvalue weighted by molar-refractivity contribution is 5.22. The molecule has 0 bridgehead atoms. The monoisotopic (exact) mass is 255 g/mol. The van der Waals surface area contributed by atoms with E-state index in [0.717, 1.165) is 18.8 Å². The van der Waals surface area contributed by atoms with E-state index >= 15 is 0 Å². The quantitative estimate of drug-likeness (QED) is 0.911. The molecule has 3 heteroatoms. The van der Waals surface area contributed by atoms with Crippen molar-refractivity contribution in [2.45, 2.75) is 38.8 Å². The Morgan fingerprint density at radius 2 is 2.16 bits per heavy atom. The van der Waals surface area contributed by atoms with Gasteiger partial charge in [0.25, 0.3) is 0 Å². The highest BCUT2D eigenvalue weighted by atomic mass is 15.2. The number of aromatic nitrogens is 2. The zero-order valence-corrected chi connectivity index (χ0v) is 11.5. The van der Waals surface area contributed by atoms with Gasteiger partial charge in [0.15, 0.2) is 0 Å². The van der Waals surface area contributed by atoms with E-state index in [4.69, 9.17) is 0 Å². The van der Waals surface area contributed by atoms with Crippen molar-refractivity contribution < 1.29 is 0 Å². The van der Waals surface area contributed by atoms with Crippen molar-refractivity contribution in [3.63, 3.8) is 0 Å². The minimum Gasteiger partial charge on any atom is -0.348 e. The fourth-order valence-corrected chi connectivity index (χ4v) is 2.91. The van der Waals surface area contributed by atoms with Gasteiger partial charge in [-0.15, -0.1) is 0 Å². The van der Waals surface area contributed by atoms with E-state index in [0.29, 0.717) is 6.04 Å². The summed E-state index contributed by atoms with van der Waals surface area (Å²) in [5.41, 5.74) is 2.78. The maximum atomic E-state index is 4.34. The summed E-state index contributed by atoms with van der Waals surface area (Å²) in [6.45, 7) is 4.28. The minimum absolute atomic E-state index is 0.660. The Hall–Kier alpha value is -1.61. The molecule has 2 aromatic rings. The normalized spacial score (nSPS) is 19.9. The van der Waals surface area contributed by atoms with Crippen LogP contribution in [0.25, 0.3) is 0 Å².